The number of alkyl halides is 1. The molecule has 2 unspecified atom stereocenters. The van der Waals surface area contributed by atoms with E-state index in [-0.39, 0.29) is 11.3 Å². The zero-order valence-electron chi connectivity index (χ0n) is 13.3. The van der Waals surface area contributed by atoms with E-state index in [2.05, 4.69) is 40.0 Å². The van der Waals surface area contributed by atoms with Crippen LogP contribution in [-0.2, 0) is 0 Å². The summed E-state index contributed by atoms with van der Waals surface area (Å²) in [6.07, 6.45) is 7.14. The van der Waals surface area contributed by atoms with E-state index in [1.54, 1.807) is 18.7 Å². The van der Waals surface area contributed by atoms with Crippen molar-refractivity contribution in [3.05, 3.63) is 11.0 Å². The first-order chi connectivity index (χ1) is 8.84. The van der Waals surface area contributed by atoms with Gasteiger partial charge in [-0.25, -0.2) is 4.39 Å². The molecule has 0 rings (SSSR count). The van der Waals surface area contributed by atoms with E-state index in [1.165, 1.54) is 4.91 Å². The quantitative estimate of drug-likeness (QED) is 0.367. The number of halogens is 1. The molecule has 0 aromatic heterocycles. The van der Waals surface area contributed by atoms with E-state index in [1.807, 2.05) is 0 Å². The first kappa shape index (κ1) is 19.1. The second kappa shape index (κ2) is 9.12. The Labute approximate surface area is 128 Å². The fourth-order valence-electron chi connectivity index (χ4n) is 2.20. The molecule has 0 saturated heterocycles. The van der Waals surface area contributed by atoms with Gasteiger partial charge in [0.25, 0.3) is 0 Å². The van der Waals surface area contributed by atoms with Crippen molar-refractivity contribution in [3.63, 3.8) is 0 Å². The molecule has 0 nitrogen and oxygen atoms in total. The molecule has 0 aliphatic heterocycles. The van der Waals surface area contributed by atoms with Gasteiger partial charge < -0.3 is 0 Å². The van der Waals surface area contributed by atoms with Gasteiger partial charge in [-0.2, -0.15) is 0 Å². The highest BCUT2D eigenvalue weighted by atomic mass is 32.2. The molecule has 3 heteroatoms. The number of hydrogen-bond donors (Lipinski definition) is 0. The van der Waals surface area contributed by atoms with Gasteiger partial charge in [0.05, 0.1) is 6.17 Å². The summed E-state index contributed by atoms with van der Waals surface area (Å²) >= 11 is 7.32. The normalized spacial score (nSPS) is 16.3. The molecule has 0 N–H and O–H groups in total. The van der Waals surface area contributed by atoms with Crippen molar-refractivity contribution in [3.8, 4) is 0 Å². The fourth-order valence-corrected chi connectivity index (χ4v) is 3.68. The van der Waals surface area contributed by atoms with Crippen LogP contribution in [0.1, 0.15) is 60.3 Å². The van der Waals surface area contributed by atoms with Crippen molar-refractivity contribution < 1.29 is 4.39 Å². The third-order valence-corrected chi connectivity index (χ3v) is 5.65. The van der Waals surface area contributed by atoms with E-state index < -0.39 is 6.17 Å². The van der Waals surface area contributed by atoms with E-state index >= 15 is 0 Å². The number of rotatable bonds is 9. The van der Waals surface area contributed by atoms with Crippen LogP contribution in [0.25, 0.3) is 0 Å². The van der Waals surface area contributed by atoms with E-state index in [4.69, 9.17) is 12.2 Å². The Hall–Kier alpha value is 0.110. The summed E-state index contributed by atoms with van der Waals surface area (Å²) < 4.78 is 13.2. The smallest absolute Gasteiger partial charge is 0.0979 e. The van der Waals surface area contributed by atoms with E-state index in [0.29, 0.717) is 6.42 Å². The molecule has 0 radical (unpaired) electrons. The Morgan fingerprint density at radius 3 is 2.16 bits per heavy atom. The average molecular weight is 305 g/mol. The lowest BCUT2D eigenvalue weighted by molar-refractivity contribution is 0.315. The summed E-state index contributed by atoms with van der Waals surface area (Å²) in [6, 6.07) is 0. The van der Waals surface area contributed by atoms with Gasteiger partial charge in [0.15, 0.2) is 0 Å². The maximum absolute atomic E-state index is 13.2. The molecule has 0 heterocycles. The van der Waals surface area contributed by atoms with Gasteiger partial charge in [0.2, 0.25) is 0 Å². The molecule has 0 spiro atoms. The van der Waals surface area contributed by atoms with Gasteiger partial charge in [-0.3, -0.25) is 0 Å². The Morgan fingerprint density at radius 1 is 1.32 bits per heavy atom. The Bertz CT molecular complexity index is 304. The molecule has 0 bridgehead atoms. The van der Waals surface area contributed by atoms with Crippen LogP contribution < -0.4 is 0 Å². The maximum Gasteiger partial charge on any atom is 0.0979 e. The van der Waals surface area contributed by atoms with Crippen LogP contribution in [0.5, 0.6) is 0 Å². The summed E-state index contributed by atoms with van der Waals surface area (Å²) in [5, 5.41) is 0. The summed E-state index contributed by atoms with van der Waals surface area (Å²) in [5.41, 5.74) is 0.198. The summed E-state index contributed by atoms with van der Waals surface area (Å²) in [4.78, 5) is 2.26. The van der Waals surface area contributed by atoms with Crippen LogP contribution in [0.4, 0.5) is 4.39 Å². The predicted octanol–water partition coefficient (Wildman–Crippen LogP) is 6.20. The lowest BCUT2D eigenvalue weighted by Crippen LogP contribution is -2.19. The second-order valence-corrected chi connectivity index (χ2v) is 6.82. The highest BCUT2D eigenvalue weighted by Gasteiger charge is 2.25. The molecule has 0 aliphatic carbocycles. The van der Waals surface area contributed by atoms with Gasteiger partial charge in [0.1, 0.15) is 0 Å². The zero-order valence-corrected chi connectivity index (χ0v) is 14.9. The minimum atomic E-state index is -0.780. The van der Waals surface area contributed by atoms with Crippen molar-refractivity contribution >= 4 is 28.8 Å². The van der Waals surface area contributed by atoms with Crippen LogP contribution in [0.2, 0.25) is 0 Å². The van der Waals surface area contributed by atoms with Crippen molar-refractivity contribution in [1.29, 1.82) is 0 Å². The zero-order chi connectivity index (χ0) is 15.1. The number of hydrogen-bond acceptors (Lipinski definition) is 2. The maximum atomic E-state index is 13.2. The standard InChI is InChI=1S/C16H29FS2/c1-7-13(10-12(4)17)14(18)11-15(19-6)16(5,8-2)9-3/h11-13H,7-10H2,1-6H3/b15-11-. The molecule has 112 valence electrons. The number of thioether (sulfide) groups is 1. The van der Waals surface area contributed by atoms with Crippen molar-refractivity contribution in [2.75, 3.05) is 6.26 Å². The second-order valence-electron chi connectivity index (χ2n) is 5.50. The van der Waals surface area contributed by atoms with Gasteiger partial charge in [0, 0.05) is 4.86 Å². The molecular weight excluding hydrogens is 275 g/mol. The van der Waals surface area contributed by atoms with Gasteiger partial charge >= 0.3 is 0 Å². The van der Waals surface area contributed by atoms with E-state index in [9.17, 15) is 4.39 Å². The first-order valence-electron chi connectivity index (χ1n) is 7.28. The predicted molar refractivity (Wildman–Crippen MR) is 91.9 cm³/mol. The van der Waals surface area contributed by atoms with Gasteiger partial charge in [-0.05, 0) is 61.2 Å². The first-order valence-corrected chi connectivity index (χ1v) is 8.91. The lowest BCUT2D eigenvalue weighted by Gasteiger charge is -2.29. The Morgan fingerprint density at radius 2 is 1.84 bits per heavy atom. The SMILES string of the molecule is CCC(CC(C)F)C(=S)/C=C(\SC)C(C)(CC)CC. The highest BCUT2D eigenvalue weighted by Crippen LogP contribution is 2.40. The van der Waals surface area contributed by atoms with Crippen LogP contribution in [0, 0.1) is 11.3 Å². The summed E-state index contributed by atoms with van der Waals surface area (Å²) in [5.74, 6) is 0.190. The molecule has 0 aliphatic rings. The monoisotopic (exact) mass is 304 g/mol. The fraction of sp³-hybridized carbons (Fsp3) is 0.812. The molecule has 2 atom stereocenters. The van der Waals surface area contributed by atoms with E-state index in [0.717, 1.165) is 24.1 Å². The molecule has 0 amide bonds. The third-order valence-electron chi connectivity index (χ3n) is 4.15. The van der Waals surface area contributed by atoms with Crippen molar-refractivity contribution in [1.82, 2.24) is 0 Å². The third kappa shape index (κ3) is 5.95. The van der Waals surface area contributed by atoms with Crippen molar-refractivity contribution in [2.24, 2.45) is 11.3 Å². The largest absolute Gasteiger partial charge is 0.248 e. The van der Waals surface area contributed by atoms with Crippen LogP contribution in [-0.4, -0.2) is 17.3 Å². The van der Waals surface area contributed by atoms with Crippen LogP contribution in [0.15, 0.2) is 11.0 Å². The van der Waals surface area contributed by atoms with Crippen molar-refractivity contribution in [2.45, 2.75) is 66.5 Å². The number of allylic oxidation sites excluding steroid dienone is 2. The molecule has 0 aromatic carbocycles. The minimum absolute atomic E-state index is 0.190. The minimum Gasteiger partial charge on any atom is -0.248 e. The highest BCUT2D eigenvalue weighted by molar-refractivity contribution is 8.02. The Balaban J connectivity index is 5.09. The van der Waals surface area contributed by atoms with Crippen LogP contribution >= 0.6 is 24.0 Å². The van der Waals surface area contributed by atoms with Gasteiger partial charge in [-0.1, -0.05) is 39.9 Å². The molecule has 19 heavy (non-hydrogen) atoms. The summed E-state index contributed by atoms with van der Waals surface area (Å²) in [7, 11) is 0. The lowest BCUT2D eigenvalue weighted by atomic mass is 9.83. The van der Waals surface area contributed by atoms with Gasteiger partial charge in [-0.15, -0.1) is 11.8 Å². The Kier molecular flexibility index (Phi) is 9.17. The number of thiocarbonyl (C=S) groups is 1. The topological polar surface area (TPSA) is 0 Å². The molecular formula is C16H29FS2. The van der Waals surface area contributed by atoms with Crippen LogP contribution in [0.3, 0.4) is 0 Å². The molecule has 0 fully saturated rings. The summed E-state index contributed by atoms with van der Waals surface area (Å²) in [6.45, 7) is 10.4. The molecule has 0 saturated carbocycles. The average Bonchev–Trinajstić information content (AvgIpc) is 2.40. The molecule has 0 aromatic rings.